The first kappa shape index (κ1) is 18.7. The Morgan fingerprint density at radius 1 is 1.00 bits per heavy atom. The van der Waals surface area contributed by atoms with Crippen molar-refractivity contribution in [1.82, 2.24) is 20.0 Å². The van der Waals surface area contributed by atoms with Crippen LogP contribution < -0.4 is 10.1 Å². The number of rotatable bonds is 8. The van der Waals surface area contributed by atoms with Crippen LogP contribution in [0.1, 0.15) is 18.4 Å². The molecule has 2 aromatic carbocycles. The molecule has 0 spiro atoms. The predicted octanol–water partition coefficient (Wildman–Crippen LogP) is 3.73. The summed E-state index contributed by atoms with van der Waals surface area (Å²) in [4.78, 5) is 2.53. The maximum absolute atomic E-state index is 5.59. The number of nitrogens with zero attached hydrogens (tertiary/aromatic N) is 3. The first-order valence-electron chi connectivity index (χ1n) is 10.1. The van der Waals surface area contributed by atoms with Crippen molar-refractivity contribution in [2.45, 2.75) is 19.4 Å². The number of hydrogen-bond acceptors (Lipinski definition) is 4. The van der Waals surface area contributed by atoms with Crippen LogP contribution in [0.25, 0.3) is 16.9 Å². The Hall–Kier alpha value is -2.63. The molecule has 4 rings (SSSR count). The maximum atomic E-state index is 5.59. The van der Waals surface area contributed by atoms with Gasteiger partial charge < -0.3 is 15.0 Å². The molecule has 0 unspecified atom stereocenters. The quantitative estimate of drug-likeness (QED) is 0.608. The summed E-state index contributed by atoms with van der Waals surface area (Å²) < 4.78 is 7.54. The third kappa shape index (κ3) is 4.26. The highest BCUT2D eigenvalue weighted by Gasteiger charge is 2.16. The highest BCUT2D eigenvalue weighted by atomic mass is 16.5. The van der Waals surface area contributed by atoms with Gasteiger partial charge in [-0.3, -0.25) is 0 Å². The molecular weight excluding hydrogens is 348 g/mol. The molecular formula is C23H28N4O. The summed E-state index contributed by atoms with van der Waals surface area (Å²) in [5.74, 6) is 0.846. The molecule has 146 valence electrons. The third-order valence-corrected chi connectivity index (χ3v) is 5.29. The van der Waals surface area contributed by atoms with Gasteiger partial charge in [0.1, 0.15) is 11.4 Å². The molecule has 1 aliphatic heterocycles. The molecule has 0 bridgehead atoms. The van der Waals surface area contributed by atoms with E-state index in [1.165, 1.54) is 31.5 Å². The molecule has 0 amide bonds. The van der Waals surface area contributed by atoms with Gasteiger partial charge in [-0.2, -0.15) is 5.10 Å². The van der Waals surface area contributed by atoms with Crippen molar-refractivity contribution < 1.29 is 4.74 Å². The molecule has 1 N–H and O–H groups in total. The van der Waals surface area contributed by atoms with E-state index >= 15 is 0 Å². The maximum Gasteiger partial charge on any atom is 0.128 e. The summed E-state index contributed by atoms with van der Waals surface area (Å²) in [6, 6.07) is 18.3. The van der Waals surface area contributed by atoms with E-state index in [4.69, 9.17) is 9.84 Å². The fraction of sp³-hybridized carbons (Fsp3) is 0.348. The van der Waals surface area contributed by atoms with Crippen LogP contribution in [0.3, 0.4) is 0 Å². The number of hydrogen-bond donors (Lipinski definition) is 1. The summed E-state index contributed by atoms with van der Waals surface area (Å²) in [6.45, 7) is 5.35. The van der Waals surface area contributed by atoms with E-state index in [-0.39, 0.29) is 0 Å². The van der Waals surface area contributed by atoms with Crippen LogP contribution in [-0.4, -0.2) is 48.0 Å². The van der Waals surface area contributed by atoms with Gasteiger partial charge in [0, 0.05) is 37.0 Å². The number of benzene rings is 2. The Kier molecular flexibility index (Phi) is 6.04. The average molecular weight is 377 g/mol. The van der Waals surface area contributed by atoms with Gasteiger partial charge in [-0.25, -0.2) is 4.68 Å². The molecule has 1 aromatic heterocycles. The predicted molar refractivity (Wildman–Crippen MR) is 113 cm³/mol. The highest BCUT2D eigenvalue weighted by molar-refractivity contribution is 5.70. The van der Waals surface area contributed by atoms with Crippen LogP contribution in [0.2, 0.25) is 0 Å². The number of methoxy groups -OCH3 is 1. The standard InChI is InChI=1S/C23H28N4O/c1-28-22-12-6-5-11-21(22)23-19(17-24-13-16-26-14-7-8-15-26)18-27(25-23)20-9-3-2-4-10-20/h2-6,9-12,18,24H,7-8,13-17H2,1H3. The summed E-state index contributed by atoms with van der Waals surface area (Å²) in [5.41, 5.74) is 4.22. The largest absolute Gasteiger partial charge is 0.496 e. The molecule has 3 aromatic rings. The zero-order valence-electron chi connectivity index (χ0n) is 16.5. The molecule has 1 fully saturated rings. The zero-order valence-corrected chi connectivity index (χ0v) is 16.5. The van der Waals surface area contributed by atoms with Gasteiger partial charge in [-0.1, -0.05) is 30.3 Å². The third-order valence-electron chi connectivity index (χ3n) is 5.29. The summed E-state index contributed by atoms with van der Waals surface area (Å²) in [6.07, 6.45) is 4.80. The summed E-state index contributed by atoms with van der Waals surface area (Å²) in [7, 11) is 1.71. The van der Waals surface area contributed by atoms with Crippen LogP contribution in [0.4, 0.5) is 0 Å². The zero-order chi connectivity index (χ0) is 19.2. The Labute approximate surface area is 166 Å². The SMILES string of the molecule is COc1ccccc1-c1nn(-c2ccccc2)cc1CNCCN1CCCC1. The second kappa shape index (κ2) is 9.04. The smallest absolute Gasteiger partial charge is 0.128 e. The normalized spacial score (nSPS) is 14.5. The van der Waals surface area contributed by atoms with Crippen LogP contribution >= 0.6 is 0 Å². The van der Waals surface area contributed by atoms with Gasteiger partial charge in [0.05, 0.1) is 12.8 Å². The molecule has 5 heteroatoms. The minimum Gasteiger partial charge on any atom is -0.496 e. The fourth-order valence-electron chi connectivity index (χ4n) is 3.79. The van der Waals surface area contributed by atoms with Crippen LogP contribution in [0.5, 0.6) is 5.75 Å². The molecule has 28 heavy (non-hydrogen) atoms. The highest BCUT2D eigenvalue weighted by Crippen LogP contribution is 2.31. The molecule has 1 saturated heterocycles. The average Bonchev–Trinajstić information content (AvgIpc) is 3.42. The van der Waals surface area contributed by atoms with E-state index < -0.39 is 0 Å². The van der Waals surface area contributed by atoms with E-state index in [9.17, 15) is 0 Å². The lowest BCUT2D eigenvalue weighted by Crippen LogP contribution is -2.29. The van der Waals surface area contributed by atoms with Crippen molar-refractivity contribution in [3.05, 3.63) is 66.4 Å². The Balaban J connectivity index is 1.56. The Morgan fingerprint density at radius 3 is 2.54 bits per heavy atom. The molecule has 5 nitrogen and oxygen atoms in total. The lowest BCUT2D eigenvalue weighted by atomic mass is 10.1. The summed E-state index contributed by atoms with van der Waals surface area (Å²) in [5, 5.41) is 8.51. The van der Waals surface area contributed by atoms with Gasteiger partial charge in [0.2, 0.25) is 0 Å². The number of nitrogens with one attached hydrogen (secondary N) is 1. The van der Waals surface area contributed by atoms with Gasteiger partial charge in [0.25, 0.3) is 0 Å². The molecule has 1 aliphatic rings. The van der Waals surface area contributed by atoms with Crippen molar-refractivity contribution in [3.8, 4) is 22.7 Å². The molecule has 0 saturated carbocycles. The second-order valence-electron chi connectivity index (χ2n) is 7.21. The van der Waals surface area contributed by atoms with Crippen LogP contribution in [-0.2, 0) is 6.54 Å². The molecule has 0 atom stereocenters. The van der Waals surface area contributed by atoms with E-state index in [1.54, 1.807) is 7.11 Å². The van der Waals surface area contributed by atoms with Gasteiger partial charge in [-0.15, -0.1) is 0 Å². The second-order valence-corrected chi connectivity index (χ2v) is 7.21. The number of likely N-dealkylation sites (tertiary alicyclic amines) is 1. The minimum absolute atomic E-state index is 0.786. The lowest BCUT2D eigenvalue weighted by molar-refractivity contribution is 0.335. The minimum atomic E-state index is 0.786. The number of para-hydroxylation sites is 2. The monoisotopic (exact) mass is 376 g/mol. The topological polar surface area (TPSA) is 42.3 Å². The van der Waals surface area contributed by atoms with Gasteiger partial charge >= 0.3 is 0 Å². The summed E-state index contributed by atoms with van der Waals surface area (Å²) >= 11 is 0. The first-order valence-corrected chi connectivity index (χ1v) is 10.1. The lowest BCUT2D eigenvalue weighted by Gasteiger charge is -2.14. The van der Waals surface area contributed by atoms with E-state index in [0.717, 1.165) is 42.3 Å². The molecule has 0 radical (unpaired) electrons. The Morgan fingerprint density at radius 2 is 1.75 bits per heavy atom. The van der Waals surface area contributed by atoms with Crippen LogP contribution in [0, 0.1) is 0 Å². The van der Waals surface area contributed by atoms with Crippen LogP contribution in [0.15, 0.2) is 60.8 Å². The first-order chi connectivity index (χ1) is 13.8. The van der Waals surface area contributed by atoms with Gasteiger partial charge in [-0.05, 0) is 50.2 Å². The molecule has 0 aliphatic carbocycles. The van der Waals surface area contributed by atoms with Crippen molar-refractivity contribution in [1.29, 1.82) is 0 Å². The van der Waals surface area contributed by atoms with Crippen molar-refractivity contribution >= 4 is 0 Å². The number of ether oxygens (including phenoxy) is 1. The van der Waals surface area contributed by atoms with Crippen molar-refractivity contribution in [3.63, 3.8) is 0 Å². The van der Waals surface area contributed by atoms with E-state index in [0.29, 0.717) is 0 Å². The van der Waals surface area contributed by atoms with E-state index in [2.05, 4.69) is 34.6 Å². The molecule has 2 heterocycles. The van der Waals surface area contributed by atoms with Crippen molar-refractivity contribution in [2.24, 2.45) is 0 Å². The fourth-order valence-corrected chi connectivity index (χ4v) is 3.79. The van der Waals surface area contributed by atoms with E-state index in [1.807, 2.05) is 41.1 Å². The van der Waals surface area contributed by atoms with Gasteiger partial charge in [0.15, 0.2) is 0 Å². The Bertz CT molecular complexity index is 885. The number of aromatic nitrogens is 2. The van der Waals surface area contributed by atoms with Crippen molar-refractivity contribution in [2.75, 3.05) is 33.3 Å².